The maximum Gasteiger partial charge on any atom is 0.191 e. The molecular weight excluding hydrogens is 276 g/mol. The summed E-state index contributed by atoms with van der Waals surface area (Å²) in [6, 6.07) is 0. The molecule has 0 aromatic carbocycles. The molecule has 0 radical (unpaired) electrons. The third-order valence-corrected chi connectivity index (χ3v) is 5.31. The van der Waals surface area contributed by atoms with E-state index in [1.807, 2.05) is 14.0 Å². The second-order valence-electron chi connectivity index (χ2n) is 4.62. The normalized spacial score (nSPS) is 19.7. The van der Waals surface area contributed by atoms with Crippen LogP contribution in [0.3, 0.4) is 0 Å². The van der Waals surface area contributed by atoms with E-state index in [0.29, 0.717) is 0 Å². The SMILES string of the molecule is CN=C(NCCc1csc(C)n1)NCC1CCCS1. The van der Waals surface area contributed by atoms with Crippen LogP contribution in [0.25, 0.3) is 0 Å². The van der Waals surface area contributed by atoms with Crippen LogP contribution in [0.5, 0.6) is 0 Å². The van der Waals surface area contributed by atoms with E-state index in [0.717, 1.165) is 41.4 Å². The van der Waals surface area contributed by atoms with Gasteiger partial charge in [0, 0.05) is 37.2 Å². The predicted molar refractivity (Wildman–Crippen MR) is 85.4 cm³/mol. The molecule has 19 heavy (non-hydrogen) atoms. The van der Waals surface area contributed by atoms with E-state index in [1.165, 1.54) is 18.6 Å². The highest BCUT2D eigenvalue weighted by Gasteiger charge is 2.15. The molecule has 106 valence electrons. The van der Waals surface area contributed by atoms with E-state index in [4.69, 9.17) is 0 Å². The van der Waals surface area contributed by atoms with Crippen LogP contribution >= 0.6 is 23.1 Å². The molecule has 1 fully saturated rings. The van der Waals surface area contributed by atoms with Gasteiger partial charge in [0.15, 0.2) is 5.96 Å². The molecule has 2 rings (SSSR count). The summed E-state index contributed by atoms with van der Waals surface area (Å²) in [6.07, 6.45) is 3.63. The average Bonchev–Trinajstić information content (AvgIpc) is 3.05. The fraction of sp³-hybridized carbons (Fsp3) is 0.692. The Labute approximate surface area is 123 Å². The van der Waals surface area contributed by atoms with Gasteiger partial charge in [0.05, 0.1) is 10.7 Å². The highest BCUT2D eigenvalue weighted by atomic mass is 32.2. The van der Waals surface area contributed by atoms with Crippen LogP contribution in [0, 0.1) is 6.92 Å². The molecule has 1 aliphatic heterocycles. The first-order chi connectivity index (χ1) is 9.28. The lowest BCUT2D eigenvalue weighted by atomic mass is 10.2. The van der Waals surface area contributed by atoms with E-state index in [9.17, 15) is 0 Å². The molecule has 0 bridgehead atoms. The number of guanidine groups is 1. The molecular formula is C13H22N4S2. The maximum atomic E-state index is 4.46. The Kier molecular flexibility index (Phi) is 5.97. The van der Waals surface area contributed by atoms with Crippen LogP contribution in [0.2, 0.25) is 0 Å². The van der Waals surface area contributed by atoms with Gasteiger partial charge >= 0.3 is 0 Å². The predicted octanol–water partition coefficient (Wildman–Crippen LogP) is 2.05. The minimum Gasteiger partial charge on any atom is -0.356 e. The second-order valence-corrected chi connectivity index (χ2v) is 7.09. The standard InChI is InChI=1S/C13H22N4S2/c1-10-17-11(9-19-10)5-6-15-13(14-2)16-8-12-4-3-7-18-12/h9,12H,3-8H2,1-2H3,(H2,14,15,16). The Balaban J connectivity index is 1.64. The van der Waals surface area contributed by atoms with Gasteiger partial charge < -0.3 is 10.6 Å². The van der Waals surface area contributed by atoms with E-state index in [1.54, 1.807) is 11.3 Å². The van der Waals surface area contributed by atoms with Crippen LogP contribution in [0.4, 0.5) is 0 Å². The highest BCUT2D eigenvalue weighted by molar-refractivity contribution is 8.00. The van der Waals surface area contributed by atoms with Gasteiger partial charge in [0.25, 0.3) is 0 Å². The summed E-state index contributed by atoms with van der Waals surface area (Å²) in [5, 5.41) is 10.8. The highest BCUT2D eigenvalue weighted by Crippen LogP contribution is 2.25. The average molecular weight is 298 g/mol. The van der Waals surface area contributed by atoms with Crippen molar-refractivity contribution < 1.29 is 0 Å². The van der Waals surface area contributed by atoms with Gasteiger partial charge in [-0.1, -0.05) is 0 Å². The van der Waals surface area contributed by atoms with Crippen molar-refractivity contribution in [2.75, 3.05) is 25.9 Å². The zero-order valence-electron chi connectivity index (χ0n) is 11.6. The van der Waals surface area contributed by atoms with Crippen molar-refractivity contribution in [2.45, 2.75) is 31.4 Å². The second kappa shape index (κ2) is 7.75. The Morgan fingerprint density at radius 3 is 3.05 bits per heavy atom. The number of aromatic nitrogens is 1. The van der Waals surface area contributed by atoms with Crippen molar-refractivity contribution in [3.8, 4) is 0 Å². The number of rotatable bonds is 5. The molecule has 6 heteroatoms. The van der Waals surface area contributed by atoms with Gasteiger partial charge in [0.2, 0.25) is 0 Å². The number of nitrogens with zero attached hydrogens (tertiary/aromatic N) is 2. The molecule has 0 aliphatic carbocycles. The molecule has 1 saturated heterocycles. The summed E-state index contributed by atoms with van der Waals surface area (Å²) in [4.78, 5) is 8.71. The third-order valence-electron chi connectivity index (χ3n) is 3.08. The molecule has 1 aliphatic rings. The molecule has 4 nitrogen and oxygen atoms in total. The van der Waals surface area contributed by atoms with Gasteiger partial charge in [-0.3, -0.25) is 4.99 Å². The van der Waals surface area contributed by atoms with Crippen LogP contribution in [0.1, 0.15) is 23.5 Å². The Morgan fingerprint density at radius 2 is 2.42 bits per heavy atom. The fourth-order valence-corrected chi connectivity index (χ4v) is 3.92. The van der Waals surface area contributed by atoms with Crippen LogP contribution < -0.4 is 10.6 Å². The van der Waals surface area contributed by atoms with Crippen molar-refractivity contribution in [3.05, 3.63) is 16.1 Å². The minimum atomic E-state index is 0.750. The van der Waals surface area contributed by atoms with E-state index in [2.05, 4.69) is 37.8 Å². The number of thiazole rings is 1. The van der Waals surface area contributed by atoms with Gasteiger partial charge in [-0.15, -0.1) is 11.3 Å². The molecule has 1 unspecified atom stereocenters. The third kappa shape index (κ3) is 5.03. The molecule has 0 saturated carbocycles. The Bertz CT molecular complexity index is 411. The first-order valence-corrected chi connectivity index (χ1v) is 8.68. The van der Waals surface area contributed by atoms with Crippen LogP contribution in [-0.4, -0.2) is 42.1 Å². The summed E-state index contributed by atoms with van der Waals surface area (Å²) < 4.78 is 0. The maximum absolute atomic E-state index is 4.46. The first-order valence-electron chi connectivity index (χ1n) is 6.75. The molecule has 2 N–H and O–H groups in total. The van der Waals surface area contributed by atoms with Gasteiger partial charge in [-0.25, -0.2) is 4.98 Å². The number of aryl methyl sites for hydroxylation is 1. The lowest BCUT2D eigenvalue weighted by Crippen LogP contribution is -2.40. The molecule has 1 aromatic heterocycles. The quantitative estimate of drug-likeness (QED) is 0.645. The van der Waals surface area contributed by atoms with E-state index in [-0.39, 0.29) is 0 Å². The lowest BCUT2D eigenvalue weighted by molar-refractivity contribution is 0.723. The monoisotopic (exact) mass is 298 g/mol. The van der Waals surface area contributed by atoms with Crippen molar-refractivity contribution in [1.29, 1.82) is 0 Å². The van der Waals surface area contributed by atoms with E-state index < -0.39 is 0 Å². The lowest BCUT2D eigenvalue weighted by Gasteiger charge is -2.14. The van der Waals surface area contributed by atoms with Crippen molar-refractivity contribution in [3.63, 3.8) is 0 Å². The van der Waals surface area contributed by atoms with E-state index >= 15 is 0 Å². The number of hydrogen-bond donors (Lipinski definition) is 2. The zero-order chi connectivity index (χ0) is 13.5. The summed E-state index contributed by atoms with van der Waals surface area (Å²) in [5.41, 5.74) is 1.16. The molecule has 2 heterocycles. The number of hydrogen-bond acceptors (Lipinski definition) is 4. The van der Waals surface area contributed by atoms with Gasteiger partial charge in [-0.05, 0) is 25.5 Å². The number of nitrogens with one attached hydrogen (secondary N) is 2. The number of aliphatic imine (C=N–C) groups is 1. The molecule has 1 atom stereocenters. The molecule has 0 spiro atoms. The summed E-state index contributed by atoms with van der Waals surface area (Å²) in [6.45, 7) is 3.93. The molecule has 0 amide bonds. The van der Waals surface area contributed by atoms with Crippen LogP contribution in [-0.2, 0) is 6.42 Å². The summed E-state index contributed by atoms with van der Waals surface area (Å²) in [5.74, 6) is 2.21. The Morgan fingerprint density at radius 1 is 1.53 bits per heavy atom. The van der Waals surface area contributed by atoms with Gasteiger partial charge in [0.1, 0.15) is 0 Å². The van der Waals surface area contributed by atoms with Crippen LogP contribution in [0.15, 0.2) is 10.4 Å². The first kappa shape index (κ1) is 14.7. The topological polar surface area (TPSA) is 49.3 Å². The van der Waals surface area contributed by atoms with Gasteiger partial charge in [-0.2, -0.15) is 11.8 Å². The molecule has 1 aromatic rings. The van der Waals surface area contributed by atoms with Crippen molar-refractivity contribution >= 4 is 29.1 Å². The fourth-order valence-electron chi connectivity index (χ4n) is 2.07. The van der Waals surface area contributed by atoms with Crippen molar-refractivity contribution in [2.24, 2.45) is 4.99 Å². The minimum absolute atomic E-state index is 0.750. The summed E-state index contributed by atoms with van der Waals surface area (Å²) >= 11 is 3.77. The zero-order valence-corrected chi connectivity index (χ0v) is 13.2. The smallest absolute Gasteiger partial charge is 0.191 e. The van der Waals surface area contributed by atoms with Crippen molar-refractivity contribution in [1.82, 2.24) is 15.6 Å². The Hall–Kier alpha value is -0.750. The number of thioether (sulfide) groups is 1. The largest absolute Gasteiger partial charge is 0.356 e. The summed E-state index contributed by atoms with van der Waals surface area (Å²) in [7, 11) is 1.82.